The molecule has 0 radical (unpaired) electrons. The van der Waals surface area contributed by atoms with Crippen LogP contribution in [0.4, 0.5) is 17.6 Å². The van der Waals surface area contributed by atoms with Crippen LogP contribution >= 0.6 is 11.3 Å². The monoisotopic (exact) mass is 396 g/mol. The van der Waals surface area contributed by atoms with Gasteiger partial charge in [0.05, 0.1) is 13.2 Å². The average Bonchev–Trinajstić information content (AvgIpc) is 3.24. The molecular weight excluding hydrogens is 372 g/mol. The van der Waals surface area contributed by atoms with E-state index in [1.54, 1.807) is 11.3 Å². The summed E-state index contributed by atoms with van der Waals surface area (Å²) in [5, 5.41) is 7.02. The number of anilines is 3. The minimum atomic E-state index is 0.344. The lowest BCUT2D eigenvalue weighted by molar-refractivity contribution is 0.122. The molecule has 2 fully saturated rings. The minimum absolute atomic E-state index is 0.344. The molecule has 0 bridgehead atoms. The molecule has 0 saturated carbocycles. The number of morpholine rings is 1. The smallest absolute Gasteiger partial charge is 0.227 e. The summed E-state index contributed by atoms with van der Waals surface area (Å²) in [6.45, 7) is 5.13. The molecule has 1 N–H and O–H groups in total. The highest BCUT2D eigenvalue weighted by atomic mass is 32.1. The number of ether oxygens (including phenoxy) is 1. The molecule has 1 atom stereocenters. The van der Waals surface area contributed by atoms with Crippen LogP contribution < -0.4 is 15.1 Å². The van der Waals surface area contributed by atoms with E-state index in [0.29, 0.717) is 6.04 Å². The van der Waals surface area contributed by atoms with Gasteiger partial charge in [0.1, 0.15) is 11.6 Å². The summed E-state index contributed by atoms with van der Waals surface area (Å²) in [6.07, 6.45) is 6.03. The van der Waals surface area contributed by atoms with Crippen LogP contribution in [0, 0.1) is 0 Å². The molecule has 5 heterocycles. The molecule has 0 spiro atoms. The zero-order valence-electron chi connectivity index (χ0n) is 15.8. The molecule has 0 amide bonds. The fourth-order valence-corrected chi connectivity index (χ4v) is 4.75. The van der Waals surface area contributed by atoms with Crippen molar-refractivity contribution in [1.82, 2.24) is 15.0 Å². The minimum Gasteiger partial charge on any atom is -0.378 e. The van der Waals surface area contributed by atoms with Gasteiger partial charge in [-0.3, -0.25) is 0 Å². The lowest BCUT2D eigenvalue weighted by atomic mass is 10.1. The second-order valence-electron chi connectivity index (χ2n) is 7.24. The average molecular weight is 397 g/mol. The number of thiophene rings is 1. The van der Waals surface area contributed by atoms with Gasteiger partial charge < -0.3 is 19.9 Å². The number of fused-ring (bicyclic) bond motifs is 1. The molecule has 146 valence electrons. The van der Waals surface area contributed by atoms with Crippen molar-refractivity contribution in [2.24, 2.45) is 0 Å². The van der Waals surface area contributed by atoms with Crippen molar-refractivity contribution in [2.45, 2.75) is 18.9 Å². The van der Waals surface area contributed by atoms with Crippen molar-refractivity contribution in [1.29, 1.82) is 0 Å². The molecule has 8 heteroatoms. The number of nitrogens with one attached hydrogen (secondary N) is 1. The Hall–Kier alpha value is -2.45. The third kappa shape index (κ3) is 3.62. The van der Waals surface area contributed by atoms with Gasteiger partial charge in [-0.1, -0.05) is 0 Å². The summed E-state index contributed by atoms with van der Waals surface area (Å²) in [5.74, 6) is 2.78. The van der Waals surface area contributed by atoms with E-state index >= 15 is 0 Å². The number of rotatable bonds is 4. The van der Waals surface area contributed by atoms with Crippen LogP contribution in [0.5, 0.6) is 0 Å². The van der Waals surface area contributed by atoms with Gasteiger partial charge in [0.15, 0.2) is 0 Å². The first-order chi connectivity index (χ1) is 13.9. The SMILES string of the molecule is c1cc(NC2CCCN(c3nccc4sccc34)C2)nc(N2CCOCC2)n1. The number of hydrogen-bond donors (Lipinski definition) is 1. The van der Waals surface area contributed by atoms with E-state index in [4.69, 9.17) is 9.72 Å². The number of piperidine rings is 1. The van der Waals surface area contributed by atoms with E-state index in [1.807, 2.05) is 18.5 Å². The fraction of sp³-hybridized carbons (Fsp3) is 0.450. The highest BCUT2D eigenvalue weighted by Gasteiger charge is 2.23. The lowest BCUT2D eigenvalue weighted by Gasteiger charge is -2.34. The van der Waals surface area contributed by atoms with E-state index < -0.39 is 0 Å². The maximum absolute atomic E-state index is 5.43. The highest BCUT2D eigenvalue weighted by Crippen LogP contribution is 2.30. The molecule has 2 aliphatic heterocycles. The van der Waals surface area contributed by atoms with Gasteiger partial charge in [-0.2, -0.15) is 4.98 Å². The van der Waals surface area contributed by atoms with Gasteiger partial charge in [-0.15, -0.1) is 11.3 Å². The normalized spacial score (nSPS) is 20.5. The van der Waals surface area contributed by atoms with Crippen molar-refractivity contribution in [3.8, 4) is 0 Å². The van der Waals surface area contributed by atoms with Gasteiger partial charge in [0.2, 0.25) is 5.95 Å². The number of pyridine rings is 1. The third-order valence-corrected chi connectivity index (χ3v) is 6.25. The maximum atomic E-state index is 5.43. The van der Waals surface area contributed by atoms with Crippen molar-refractivity contribution in [3.05, 3.63) is 36.0 Å². The number of nitrogens with zero attached hydrogens (tertiary/aromatic N) is 5. The van der Waals surface area contributed by atoms with Crippen LogP contribution in [0.2, 0.25) is 0 Å². The molecular formula is C20H24N6OS. The molecule has 28 heavy (non-hydrogen) atoms. The lowest BCUT2D eigenvalue weighted by Crippen LogP contribution is -2.43. The summed E-state index contributed by atoms with van der Waals surface area (Å²) >= 11 is 1.77. The van der Waals surface area contributed by atoms with Gasteiger partial charge in [0, 0.05) is 54.7 Å². The first kappa shape index (κ1) is 17.6. The van der Waals surface area contributed by atoms with E-state index in [1.165, 1.54) is 10.1 Å². The molecule has 1 unspecified atom stereocenters. The van der Waals surface area contributed by atoms with Crippen molar-refractivity contribution >= 4 is 39.0 Å². The molecule has 3 aromatic rings. The van der Waals surface area contributed by atoms with Gasteiger partial charge in [-0.25, -0.2) is 9.97 Å². The van der Waals surface area contributed by atoms with Crippen molar-refractivity contribution in [3.63, 3.8) is 0 Å². The van der Waals surface area contributed by atoms with Gasteiger partial charge in [0.25, 0.3) is 0 Å². The molecule has 2 saturated heterocycles. The zero-order valence-corrected chi connectivity index (χ0v) is 16.6. The van der Waals surface area contributed by atoms with Crippen LogP contribution in [0.25, 0.3) is 10.1 Å². The zero-order chi connectivity index (χ0) is 18.8. The summed E-state index contributed by atoms with van der Waals surface area (Å²) in [6, 6.07) is 6.58. The van der Waals surface area contributed by atoms with Crippen molar-refractivity contribution in [2.75, 3.05) is 54.5 Å². The summed E-state index contributed by atoms with van der Waals surface area (Å²) in [4.78, 5) is 18.5. The third-order valence-electron chi connectivity index (χ3n) is 5.37. The first-order valence-electron chi connectivity index (χ1n) is 9.86. The summed E-state index contributed by atoms with van der Waals surface area (Å²) in [5.41, 5.74) is 0. The van der Waals surface area contributed by atoms with E-state index in [9.17, 15) is 0 Å². The van der Waals surface area contributed by atoms with Crippen LogP contribution in [0.3, 0.4) is 0 Å². The van der Waals surface area contributed by atoms with E-state index in [0.717, 1.165) is 69.8 Å². The Bertz CT molecular complexity index is 941. The molecule has 5 rings (SSSR count). The predicted octanol–water partition coefficient (Wildman–Crippen LogP) is 3.00. The summed E-state index contributed by atoms with van der Waals surface area (Å²) in [7, 11) is 0. The Balaban J connectivity index is 1.30. The number of aromatic nitrogens is 3. The Labute approximate surface area is 168 Å². The van der Waals surface area contributed by atoms with E-state index in [-0.39, 0.29) is 0 Å². The molecule has 0 aromatic carbocycles. The predicted molar refractivity (Wildman–Crippen MR) is 114 cm³/mol. The van der Waals surface area contributed by atoms with E-state index in [2.05, 4.69) is 42.6 Å². The van der Waals surface area contributed by atoms with Crippen LogP contribution in [0.15, 0.2) is 36.0 Å². The Morgan fingerprint density at radius 1 is 1.04 bits per heavy atom. The number of hydrogen-bond acceptors (Lipinski definition) is 8. The fourth-order valence-electron chi connectivity index (χ4n) is 3.97. The van der Waals surface area contributed by atoms with Gasteiger partial charge >= 0.3 is 0 Å². The second-order valence-corrected chi connectivity index (χ2v) is 8.19. The summed E-state index contributed by atoms with van der Waals surface area (Å²) < 4.78 is 6.73. The molecule has 7 nitrogen and oxygen atoms in total. The standard InChI is InChI=1S/C20H24N6OS/c1-2-15(14-26(8-1)19-16-5-13-28-17(16)3-6-21-19)23-18-4-7-22-20(24-18)25-9-11-27-12-10-25/h3-7,13,15H,1-2,8-12,14H2,(H,22,23,24). The highest BCUT2D eigenvalue weighted by molar-refractivity contribution is 7.17. The van der Waals surface area contributed by atoms with Gasteiger partial charge in [-0.05, 0) is 36.4 Å². The quantitative estimate of drug-likeness (QED) is 0.727. The largest absolute Gasteiger partial charge is 0.378 e. The van der Waals surface area contributed by atoms with Crippen molar-refractivity contribution < 1.29 is 4.74 Å². The topological polar surface area (TPSA) is 66.4 Å². The van der Waals surface area contributed by atoms with Crippen LogP contribution in [-0.2, 0) is 4.74 Å². The molecule has 2 aliphatic rings. The Morgan fingerprint density at radius 2 is 1.93 bits per heavy atom. The Kier molecular flexibility index (Phi) is 4.97. The second kappa shape index (κ2) is 7.89. The van der Waals surface area contributed by atoms with Crippen LogP contribution in [-0.4, -0.2) is 60.4 Å². The molecule has 3 aromatic heterocycles. The maximum Gasteiger partial charge on any atom is 0.227 e. The van der Waals surface area contributed by atoms with Crippen LogP contribution in [0.1, 0.15) is 12.8 Å². The first-order valence-corrected chi connectivity index (χ1v) is 10.7. The Morgan fingerprint density at radius 3 is 2.86 bits per heavy atom. The molecule has 0 aliphatic carbocycles.